The summed E-state index contributed by atoms with van der Waals surface area (Å²) in [5.41, 5.74) is 3.66. The normalized spacial score (nSPS) is 10.8. The predicted octanol–water partition coefficient (Wildman–Crippen LogP) is 2.64. The first kappa shape index (κ1) is 15.5. The van der Waals surface area contributed by atoms with Gasteiger partial charge in [-0.3, -0.25) is 9.97 Å². The number of hydrogen-bond donors (Lipinski definition) is 2. The van der Waals surface area contributed by atoms with Crippen molar-refractivity contribution in [2.45, 2.75) is 0 Å². The Bertz CT molecular complexity index is 1050. The number of rotatable bonds is 3. The first-order valence-corrected chi connectivity index (χ1v) is 7.99. The van der Waals surface area contributed by atoms with Crippen LogP contribution < -0.4 is 5.46 Å². The van der Waals surface area contributed by atoms with Gasteiger partial charge in [-0.25, -0.2) is 0 Å². The third-order valence-corrected chi connectivity index (χ3v) is 4.18. The quantitative estimate of drug-likeness (QED) is 0.568. The van der Waals surface area contributed by atoms with E-state index < -0.39 is 7.12 Å². The van der Waals surface area contributed by atoms with Gasteiger partial charge in [0.05, 0.1) is 11.4 Å². The second-order valence-corrected chi connectivity index (χ2v) is 5.81. The largest absolute Gasteiger partial charge is 0.488 e. The molecule has 0 aliphatic heterocycles. The van der Waals surface area contributed by atoms with Crippen molar-refractivity contribution in [1.29, 1.82) is 0 Å². The van der Waals surface area contributed by atoms with Gasteiger partial charge in [0, 0.05) is 23.5 Å². The Morgan fingerprint density at radius 3 is 2.04 bits per heavy atom. The smallest absolute Gasteiger partial charge is 0.423 e. The van der Waals surface area contributed by atoms with Gasteiger partial charge in [0.2, 0.25) is 0 Å². The highest BCUT2D eigenvalue weighted by molar-refractivity contribution is 6.58. The molecule has 0 fully saturated rings. The number of hydrogen-bond acceptors (Lipinski definition) is 4. The van der Waals surface area contributed by atoms with Crippen LogP contribution in [0.4, 0.5) is 0 Å². The molecular weight excluding hydrogens is 311 g/mol. The molecule has 0 unspecified atom stereocenters. The summed E-state index contributed by atoms with van der Waals surface area (Å²) in [5, 5.41) is 21.1. The summed E-state index contributed by atoms with van der Waals surface area (Å²) in [6.45, 7) is 0. The maximum Gasteiger partial charge on any atom is 0.488 e. The molecule has 0 bridgehead atoms. The number of nitrogens with zero attached hydrogens (tertiary/aromatic N) is 2. The van der Waals surface area contributed by atoms with Gasteiger partial charge in [0.15, 0.2) is 0 Å². The molecule has 0 aliphatic carbocycles. The summed E-state index contributed by atoms with van der Waals surface area (Å²) in [7, 11) is -1.51. The second kappa shape index (κ2) is 6.47. The molecular formula is C20H15BN2O2. The lowest BCUT2D eigenvalue weighted by molar-refractivity contribution is 0.426. The van der Waals surface area contributed by atoms with Gasteiger partial charge in [-0.2, -0.15) is 0 Å². The molecule has 0 aliphatic rings. The fourth-order valence-corrected chi connectivity index (χ4v) is 2.94. The summed E-state index contributed by atoms with van der Waals surface area (Å²) in [5.74, 6) is 0. The van der Waals surface area contributed by atoms with Crippen LogP contribution in [0.3, 0.4) is 0 Å². The van der Waals surface area contributed by atoms with Gasteiger partial charge < -0.3 is 10.0 Å². The number of aromatic nitrogens is 2. The fourth-order valence-electron chi connectivity index (χ4n) is 2.94. The zero-order valence-corrected chi connectivity index (χ0v) is 13.4. The third-order valence-electron chi connectivity index (χ3n) is 4.18. The van der Waals surface area contributed by atoms with E-state index in [1.165, 1.54) is 5.39 Å². The highest BCUT2D eigenvalue weighted by Gasteiger charge is 2.15. The van der Waals surface area contributed by atoms with Gasteiger partial charge in [0.25, 0.3) is 0 Å². The Labute approximate surface area is 145 Å². The molecule has 1 heterocycles. The van der Waals surface area contributed by atoms with Crippen LogP contribution in [0.25, 0.3) is 33.3 Å². The summed E-state index contributed by atoms with van der Waals surface area (Å²) in [6, 6.07) is 21.4. The molecule has 25 heavy (non-hydrogen) atoms. The number of fused-ring (bicyclic) bond motifs is 1. The molecule has 3 aromatic carbocycles. The maximum atomic E-state index is 9.42. The number of benzene rings is 3. The van der Waals surface area contributed by atoms with Gasteiger partial charge in [0.1, 0.15) is 0 Å². The Morgan fingerprint density at radius 2 is 1.32 bits per heavy atom. The zero-order valence-electron chi connectivity index (χ0n) is 13.4. The highest BCUT2D eigenvalue weighted by atomic mass is 16.4. The van der Waals surface area contributed by atoms with E-state index in [0.29, 0.717) is 11.2 Å². The Kier molecular flexibility index (Phi) is 4.02. The first-order chi connectivity index (χ1) is 12.2. The van der Waals surface area contributed by atoms with Crippen molar-refractivity contribution in [3.63, 3.8) is 0 Å². The van der Waals surface area contributed by atoms with Crippen molar-refractivity contribution >= 4 is 23.4 Å². The summed E-state index contributed by atoms with van der Waals surface area (Å²) >= 11 is 0. The van der Waals surface area contributed by atoms with E-state index in [1.807, 2.05) is 24.3 Å². The third kappa shape index (κ3) is 3.03. The average molecular weight is 326 g/mol. The summed E-state index contributed by atoms with van der Waals surface area (Å²) < 4.78 is 0. The molecule has 1 aromatic heterocycles. The van der Waals surface area contributed by atoms with Crippen molar-refractivity contribution in [2.24, 2.45) is 0 Å². The molecule has 4 nitrogen and oxygen atoms in total. The van der Waals surface area contributed by atoms with E-state index in [1.54, 1.807) is 30.6 Å². The Hall–Kier alpha value is -3.02. The minimum Gasteiger partial charge on any atom is -0.423 e. The molecule has 2 N–H and O–H groups in total. The molecule has 5 heteroatoms. The maximum absolute atomic E-state index is 9.42. The molecule has 0 radical (unpaired) electrons. The van der Waals surface area contributed by atoms with E-state index >= 15 is 0 Å². The van der Waals surface area contributed by atoms with Crippen molar-refractivity contribution < 1.29 is 10.0 Å². The van der Waals surface area contributed by atoms with Crippen LogP contribution in [0.15, 0.2) is 79.1 Å². The SMILES string of the molecule is OB(O)c1cccc(-c2nccnc2-c2ccc3ccccc3c2)c1. The first-order valence-electron chi connectivity index (χ1n) is 7.99. The Morgan fingerprint density at radius 1 is 0.640 bits per heavy atom. The van der Waals surface area contributed by atoms with Crippen LogP contribution in [0, 0.1) is 0 Å². The van der Waals surface area contributed by atoms with Crippen LogP contribution in [0.2, 0.25) is 0 Å². The van der Waals surface area contributed by atoms with Crippen LogP contribution in [0.1, 0.15) is 0 Å². The molecule has 0 spiro atoms. The lowest BCUT2D eigenvalue weighted by Gasteiger charge is -2.10. The average Bonchev–Trinajstić information content (AvgIpc) is 2.67. The van der Waals surface area contributed by atoms with Gasteiger partial charge in [-0.05, 0) is 22.3 Å². The summed E-state index contributed by atoms with van der Waals surface area (Å²) in [6.07, 6.45) is 3.31. The van der Waals surface area contributed by atoms with Gasteiger partial charge in [-0.15, -0.1) is 0 Å². The van der Waals surface area contributed by atoms with E-state index in [0.717, 1.165) is 22.2 Å². The zero-order chi connectivity index (χ0) is 17.2. The van der Waals surface area contributed by atoms with Crippen molar-refractivity contribution in [1.82, 2.24) is 9.97 Å². The van der Waals surface area contributed by atoms with Gasteiger partial charge in [-0.1, -0.05) is 60.7 Å². The topological polar surface area (TPSA) is 66.2 Å². The minimum atomic E-state index is -1.51. The molecule has 0 atom stereocenters. The van der Waals surface area contributed by atoms with E-state index in [2.05, 4.69) is 34.2 Å². The van der Waals surface area contributed by atoms with E-state index in [4.69, 9.17) is 0 Å². The minimum absolute atomic E-state index is 0.424. The monoisotopic (exact) mass is 326 g/mol. The van der Waals surface area contributed by atoms with Crippen molar-refractivity contribution in [3.05, 3.63) is 79.1 Å². The molecule has 120 valence electrons. The highest BCUT2D eigenvalue weighted by Crippen LogP contribution is 2.30. The van der Waals surface area contributed by atoms with E-state index in [9.17, 15) is 10.0 Å². The molecule has 4 aromatic rings. The lowest BCUT2D eigenvalue weighted by Crippen LogP contribution is -2.29. The standard InChI is InChI=1S/C20H15BN2O2/c24-21(25)18-7-3-6-16(13-18)19-20(23-11-10-22-19)17-9-8-14-4-1-2-5-15(14)12-17/h1-13,24-25H. The van der Waals surface area contributed by atoms with Crippen LogP contribution >= 0.6 is 0 Å². The van der Waals surface area contributed by atoms with Crippen LogP contribution in [0.5, 0.6) is 0 Å². The summed E-state index contributed by atoms with van der Waals surface area (Å²) in [4.78, 5) is 9.00. The fraction of sp³-hybridized carbons (Fsp3) is 0. The van der Waals surface area contributed by atoms with Crippen molar-refractivity contribution in [2.75, 3.05) is 0 Å². The van der Waals surface area contributed by atoms with Crippen LogP contribution in [-0.2, 0) is 0 Å². The predicted molar refractivity (Wildman–Crippen MR) is 100 cm³/mol. The van der Waals surface area contributed by atoms with E-state index in [-0.39, 0.29) is 0 Å². The molecule has 0 amide bonds. The molecule has 0 saturated heterocycles. The van der Waals surface area contributed by atoms with Crippen molar-refractivity contribution in [3.8, 4) is 22.5 Å². The Balaban J connectivity index is 1.87. The molecule has 0 saturated carbocycles. The lowest BCUT2D eigenvalue weighted by atomic mass is 9.79. The van der Waals surface area contributed by atoms with Crippen LogP contribution in [-0.4, -0.2) is 27.1 Å². The second-order valence-electron chi connectivity index (χ2n) is 5.81. The molecule has 4 rings (SSSR count). The van der Waals surface area contributed by atoms with Gasteiger partial charge >= 0.3 is 7.12 Å².